The average molecular weight is 466 g/mol. The van der Waals surface area contributed by atoms with Crippen LogP contribution in [-0.4, -0.2) is 39.4 Å². The number of methoxy groups -OCH3 is 1. The third-order valence-electron chi connectivity index (χ3n) is 4.78. The van der Waals surface area contributed by atoms with Crippen LogP contribution in [0.1, 0.15) is 18.3 Å². The Bertz CT molecular complexity index is 1130. The number of rotatable bonds is 11. The Kier molecular flexibility index (Phi) is 8.65. The molecule has 8 nitrogen and oxygen atoms in total. The largest absolute Gasteiger partial charge is 0.497 e. The van der Waals surface area contributed by atoms with Gasteiger partial charge in [-0.05, 0) is 30.2 Å². The molecule has 1 aromatic heterocycles. The minimum atomic E-state index is -0.183. The molecule has 0 atom stereocenters. The van der Waals surface area contributed by atoms with Gasteiger partial charge in [-0.2, -0.15) is 0 Å². The second-order valence-corrected chi connectivity index (χ2v) is 8.05. The van der Waals surface area contributed by atoms with E-state index in [-0.39, 0.29) is 24.0 Å². The summed E-state index contributed by atoms with van der Waals surface area (Å²) in [5.41, 5.74) is 2.51. The zero-order valence-electron chi connectivity index (χ0n) is 18.7. The van der Waals surface area contributed by atoms with Crippen LogP contribution in [0, 0.1) is 0 Å². The molecule has 2 aromatic carbocycles. The van der Waals surface area contributed by atoms with Gasteiger partial charge in [-0.15, -0.1) is 16.8 Å². The summed E-state index contributed by atoms with van der Waals surface area (Å²) in [6.45, 7) is 6.25. The lowest BCUT2D eigenvalue weighted by Crippen LogP contribution is -2.19. The zero-order chi connectivity index (χ0) is 23.6. The van der Waals surface area contributed by atoms with Crippen molar-refractivity contribution in [3.63, 3.8) is 0 Å². The SMILES string of the molecule is C=CCn1c(CC(=O)Nc2ccccc2CC)nnc1SCC(=O)Nc1cccc(OC)c1. The van der Waals surface area contributed by atoms with E-state index in [0.717, 1.165) is 17.7 Å². The molecule has 0 bridgehead atoms. The third-order valence-corrected chi connectivity index (χ3v) is 5.75. The lowest BCUT2D eigenvalue weighted by Gasteiger charge is -2.11. The molecular weight excluding hydrogens is 438 g/mol. The number of carbonyl (C=O) groups excluding carboxylic acids is 2. The molecule has 2 N–H and O–H groups in total. The van der Waals surface area contributed by atoms with Crippen molar-refractivity contribution in [3.05, 3.63) is 72.6 Å². The van der Waals surface area contributed by atoms with Crippen LogP contribution in [0.5, 0.6) is 5.75 Å². The van der Waals surface area contributed by atoms with Crippen molar-refractivity contribution < 1.29 is 14.3 Å². The minimum absolute atomic E-state index is 0.0649. The molecule has 0 aliphatic heterocycles. The van der Waals surface area contributed by atoms with Gasteiger partial charge in [-0.1, -0.05) is 49.0 Å². The summed E-state index contributed by atoms with van der Waals surface area (Å²) in [6.07, 6.45) is 2.59. The summed E-state index contributed by atoms with van der Waals surface area (Å²) in [5, 5.41) is 14.7. The van der Waals surface area contributed by atoms with Crippen LogP contribution in [0.3, 0.4) is 0 Å². The van der Waals surface area contributed by atoms with Crippen LogP contribution < -0.4 is 15.4 Å². The van der Waals surface area contributed by atoms with Gasteiger partial charge >= 0.3 is 0 Å². The van der Waals surface area contributed by atoms with Gasteiger partial charge in [-0.25, -0.2) is 0 Å². The summed E-state index contributed by atoms with van der Waals surface area (Å²) in [6, 6.07) is 14.9. The number of anilines is 2. The highest BCUT2D eigenvalue weighted by Crippen LogP contribution is 2.21. The number of aryl methyl sites for hydroxylation is 1. The first kappa shape index (κ1) is 24.1. The zero-order valence-corrected chi connectivity index (χ0v) is 19.5. The monoisotopic (exact) mass is 465 g/mol. The molecule has 3 aromatic rings. The molecule has 9 heteroatoms. The van der Waals surface area contributed by atoms with E-state index in [1.54, 1.807) is 42.0 Å². The maximum absolute atomic E-state index is 12.6. The average Bonchev–Trinajstić information content (AvgIpc) is 3.19. The van der Waals surface area contributed by atoms with E-state index in [4.69, 9.17) is 4.74 Å². The van der Waals surface area contributed by atoms with Gasteiger partial charge in [0.15, 0.2) is 5.16 Å². The van der Waals surface area contributed by atoms with E-state index < -0.39 is 0 Å². The molecular formula is C24H27N5O3S. The van der Waals surface area contributed by atoms with Crippen LogP contribution in [-0.2, 0) is 29.0 Å². The number of nitrogens with zero attached hydrogens (tertiary/aromatic N) is 3. The molecule has 2 amide bonds. The van der Waals surface area contributed by atoms with Crippen molar-refractivity contribution in [3.8, 4) is 5.75 Å². The number of aromatic nitrogens is 3. The number of hydrogen-bond acceptors (Lipinski definition) is 6. The van der Waals surface area contributed by atoms with Crippen LogP contribution in [0.4, 0.5) is 11.4 Å². The number of hydrogen-bond donors (Lipinski definition) is 2. The molecule has 0 unspecified atom stereocenters. The molecule has 0 fully saturated rings. The summed E-state index contributed by atoms with van der Waals surface area (Å²) in [7, 11) is 1.57. The highest BCUT2D eigenvalue weighted by atomic mass is 32.2. The summed E-state index contributed by atoms with van der Waals surface area (Å²) in [4.78, 5) is 25.0. The fourth-order valence-corrected chi connectivity index (χ4v) is 3.95. The standard InChI is InChI=1S/C24H27N5O3S/c1-4-13-29-21(15-22(30)26-20-12-7-6-9-17(20)5-2)27-28-24(29)33-16-23(31)25-18-10-8-11-19(14-18)32-3/h4,6-12,14H,1,5,13,15-16H2,2-3H3,(H,25,31)(H,26,30). The van der Waals surface area contributed by atoms with Crippen molar-refractivity contribution >= 4 is 35.0 Å². The van der Waals surface area contributed by atoms with Crippen LogP contribution in [0.15, 0.2) is 66.3 Å². The molecule has 0 radical (unpaired) electrons. The van der Waals surface area contributed by atoms with E-state index >= 15 is 0 Å². The lowest BCUT2D eigenvalue weighted by atomic mass is 10.1. The molecule has 172 valence electrons. The number of benzene rings is 2. The Morgan fingerprint density at radius 1 is 1.12 bits per heavy atom. The second kappa shape index (κ2) is 11.9. The predicted octanol–water partition coefficient (Wildman–Crippen LogP) is 3.95. The van der Waals surface area contributed by atoms with Crippen molar-refractivity contribution in [2.45, 2.75) is 31.5 Å². The molecule has 1 heterocycles. The second-order valence-electron chi connectivity index (χ2n) is 7.10. The van der Waals surface area contributed by atoms with Crippen LogP contribution >= 0.6 is 11.8 Å². The van der Waals surface area contributed by atoms with Crippen molar-refractivity contribution in [2.24, 2.45) is 0 Å². The molecule has 33 heavy (non-hydrogen) atoms. The molecule has 0 aliphatic rings. The first-order valence-corrected chi connectivity index (χ1v) is 11.5. The fraction of sp³-hybridized carbons (Fsp3) is 0.250. The molecule has 3 rings (SSSR count). The summed E-state index contributed by atoms with van der Waals surface area (Å²) in [5.74, 6) is 0.952. The topological polar surface area (TPSA) is 98.1 Å². The van der Waals surface area contributed by atoms with Crippen LogP contribution in [0.25, 0.3) is 0 Å². The number of ether oxygens (including phenoxy) is 1. The first-order chi connectivity index (χ1) is 16.0. The number of thioether (sulfide) groups is 1. The number of allylic oxidation sites excluding steroid dienone is 1. The summed E-state index contributed by atoms with van der Waals surface area (Å²) < 4.78 is 6.97. The van der Waals surface area contributed by atoms with E-state index in [1.807, 2.05) is 31.2 Å². The van der Waals surface area contributed by atoms with E-state index in [0.29, 0.717) is 29.0 Å². The Morgan fingerprint density at radius 3 is 2.70 bits per heavy atom. The van der Waals surface area contributed by atoms with Gasteiger partial charge in [0.1, 0.15) is 11.6 Å². The Balaban J connectivity index is 1.63. The summed E-state index contributed by atoms with van der Waals surface area (Å²) >= 11 is 1.25. The van der Waals surface area contributed by atoms with E-state index in [9.17, 15) is 9.59 Å². The molecule has 0 spiro atoms. The fourth-order valence-electron chi connectivity index (χ4n) is 3.19. The van der Waals surface area contributed by atoms with Crippen LogP contribution in [0.2, 0.25) is 0 Å². The highest BCUT2D eigenvalue weighted by molar-refractivity contribution is 7.99. The quantitative estimate of drug-likeness (QED) is 0.329. The lowest BCUT2D eigenvalue weighted by molar-refractivity contribution is -0.116. The highest BCUT2D eigenvalue weighted by Gasteiger charge is 2.17. The van der Waals surface area contributed by atoms with Gasteiger partial charge in [0, 0.05) is 24.0 Å². The smallest absolute Gasteiger partial charge is 0.234 e. The molecule has 0 aliphatic carbocycles. The Labute approximate surface area is 197 Å². The minimum Gasteiger partial charge on any atom is -0.497 e. The predicted molar refractivity (Wildman–Crippen MR) is 131 cm³/mol. The van der Waals surface area contributed by atoms with E-state index in [1.165, 1.54) is 11.8 Å². The van der Waals surface area contributed by atoms with E-state index in [2.05, 4.69) is 27.4 Å². The Hall–Kier alpha value is -3.59. The number of para-hydroxylation sites is 1. The number of carbonyl (C=O) groups is 2. The maximum atomic E-state index is 12.6. The van der Waals surface area contributed by atoms with Gasteiger partial charge in [0.05, 0.1) is 19.3 Å². The molecule has 0 saturated heterocycles. The van der Waals surface area contributed by atoms with Gasteiger partial charge in [-0.3, -0.25) is 9.59 Å². The maximum Gasteiger partial charge on any atom is 0.234 e. The van der Waals surface area contributed by atoms with Crippen molar-refractivity contribution in [2.75, 3.05) is 23.5 Å². The first-order valence-electron chi connectivity index (χ1n) is 10.5. The van der Waals surface area contributed by atoms with Gasteiger partial charge in [0.25, 0.3) is 0 Å². The number of amides is 2. The Morgan fingerprint density at radius 2 is 1.94 bits per heavy atom. The van der Waals surface area contributed by atoms with Gasteiger partial charge in [0.2, 0.25) is 11.8 Å². The van der Waals surface area contributed by atoms with Gasteiger partial charge < -0.3 is 19.9 Å². The van der Waals surface area contributed by atoms with Crippen molar-refractivity contribution in [1.82, 2.24) is 14.8 Å². The van der Waals surface area contributed by atoms with Crippen molar-refractivity contribution in [1.29, 1.82) is 0 Å². The third kappa shape index (κ3) is 6.69. The number of nitrogens with one attached hydrogen (secondary N) is 2. The normalized spacial score (nSPS) is 10.5. The molecule has 0 saturated carbocycles.